The lowest BCUT2D eigenvalue weighted by Crippen LogP contribution is -2.06. The first-order valence-corrected chi connectivity index (χ1v) is 10.8. The summed E-state index contributed by atoms with van der Waals surface area (Å²) < 4.78 is 7.06. The van der Waals surface area contributed by atoms with Crippen LogP contribution in [0.4, 0.5) is 5.00 Å². The predicted octanol–water partition coefficient (Wildman–Crippen LogP) is 3.57. The van der Waals surface area contributed by atoms with Crippen LogP contribution < -0.4 is 5.73 Å². The number of nitriles is 1. The molecule has 0 spiro atoms. The third-order valence-electron chi connectivity index (χ3n) is 3.71. The van der Waals surface area contributed by atoms with Crippen LogP contribution in [0.5, 0.6) is 0 Å². The average Bonchev–Trinajstić information content (AvgIpc) is 3.38. The van der Waals surface area contributed by atoms with Gasteiger partial charge in [0.25, 0.3) is 0 Å². The van der Waals surface area contributed by atoms with Gasteiger partial charge in [0.15, 0.2) is 5.16 Å². The molecular formula is C17H17N5O2S3. The van der Waals surface area contributed by atoms with Crippen LogP contribution in [0.3, 0.4) is 0 Å². The third-order valence-corrected chi connectivity index (χ3v) is 6.70. The number of ether oxygens (including phenoxy) is 1. The van der Waals surface area contributed by atoms with Crippen LogP contribution in [0.15, 0.2) is 29.0 Å². The second-order valence-corrected chi connectivity index (χ2v) is 8.43. The van der Waals surface area contributed by atoms with E-state index in [2.05, 4.69) is 27.7 Å². The first kappa shape index (κ1) is 19.4. The fraction of sp³-hybridized carbons (Fsp3) is 0.294. The maximum Gasteiger partial charge on any atom is 0.348 e. The highest BCUT2D eigenvalue weighted by atomic mass is 32.2. The Morgan fingerprint density at radius 1 is 1.52 bits per heavy atom. The lowest BCUT2D eigenvalue weighted by atomic mass is 10.2. The summed E-state index contributed by atoms with van der Waals surface area (Å²) in [4.78, 5) is 13.9. The van der Waals surface area contributed by atoms with Crippen LogP contribution in [0.25, 0.3) is 0 Å². The minimum absolute atomic E-state index is 0.266. The van der Waals surface area contributed by atoms with Gasteiger partial charge in [-0.3, -0.25) is 0 Å². The lowest BCUT2D eigenvalue weighted by Gasteiger charge is -2.07. The molecule has 3 aromatic heterocycles. The van der Waals surface area contributed by atoms with Gasteiger partial charge in [-0.25, -0.2) is 4.79 Å². The second-order valence-electron chi connectivity index (χ2n) is 5.41. The van der Waals surface area contributed by atoms with Gasteiger partial charge in [0.05, 0.1) is 12.2 Å². The molecule has 7 nitrogen and oxygen atoms in total. The molecule has 2 N–H and O–H groups in total. The smallest absolute Gasteiger partial charge is 0.348 e. The highest BCUT2D eigenvalue weighted by molar-refractivity contribution is 7.98. The molecule has 0 aliphatic heterocycles. The van der Waals surface area contributed by atoms with Gasteiger partial charge in [-0.2, -0.15) is 5.26 Å². The maximum atomic E-state index is 12.2. The molecule has 27 heavy (non-hydrogen) atoms. The van der Waals surface area contributed by atoms with E-state index in [0.717, 1.165) is 29.5 Å². The number of thiophene rings is 2. The molecule has 0 fully saturated rings. The molecular weight excluding hydrogens is 402 g/mol. The largest absolute Gasteiger partial charge is 0.462 e. The molecule has 3 rings (SSSR count). The molecule has 0 radical (unpaired) electrons. The summed E-state index contributed by atoms with van der Waals surface area (Å²) in [5.74, 6) is -0.0620. The Labute approximate surface area is 168 Å². The fourth-order valence-corrected chi connectivity index (χ4v) is 5.13. The molecule has 0 unspecified atom stereocenters. The predicted molar refractivity (Wildman–Crippen MR) is 107 cm³/mol. The number of aryl methyl sites for hydroxylation is 2. The number of esters is 1. The van der Waals surface area contributed by atoms with Gasteiger partial charge in [0.1, 0.15) is 22.3 Å². The molecule has 140 valence electrons. The third kappa shape index (κ3) is 4.50. The minimum Gasteiger partial charge on any atom is -0.462 e. The van der Waals surface area contributed by atoms with Crippen molar-refractivity contribution in [2.24, 2.45) is 0 Å². The Morgan fingerprint density at radius 2 is 2.37 bits per heavy atom. The minimum atomic E-state index is -0.453. The van der Waals surface area contributed by atoms with Gasteiger partial charge >= 0.3 is 5.97 Å². The number of thioether (sulfide) groups is 1. The summed E-state index contributed by atoms with van der Waals surface area (Å²) in [6.07, 6.45) is 2.58. The Kier molecular flexibility index (Phi) is 6.49. The number of nitrogen functional groups attached to an aromatic ring is 1. The topological polar surface area (TPSA) is 107 Å². The van der Waals surface area contributed by atoms with E-state index in [1.54, 1.807) is 24.6 Å². The number of hydrogen-bond acceptors (Lipinski definition) is 9. The van der Waals surface area contributed by atoms with E-state index >= 15 is 0 Å². The molecule has 0 bridgehead atoms. The second kappa shape index (κ2) is 9.03. The van der Waals surface area contributed by atoms with E-state index in [-0.39, 0.29) is 6.61 Å². The zero-order chi connectivity index (χ0) is 19.2. The number of rotatable bonds is 8. The van der Waals surface area contributed by atoms with Gasteiger partial charge in [0.2, 0.25) is 0 Å². The SMILES string of the molecule is CCOC(=O)c1sc(N)c(C#N)c1CSc1nncn1CCc1cccs1. The highest BCUT2D eigenvalue weighted by Gasteiger charge is 2.23. The summed E-state index contributed by atoms with van der Waals surface area (Å²) in [6, 6.07) is 6.22. The molecule has 0 atom stereocenters. The van der Waals surface area contributed by atoms with Crippen molar-refractivity contribution in [3.63, 3.8) is 0 Å². The zero-order valence-corrected chi connectivity index (χ0v) is 17.0. The molecule has 0 aromatic carbocycles. The standard InChI is InChI=1S/C17H17N5O2S3/c1-2-24-16(23)14-13(12(8-18)15(19)27-14)9-26-17-21-20-10-22(17)6-5-11-4-3-7-25-11/h3-4,7,10H,2,5-6,9,19H2,1H3. The zero-order valence-electron chi connectivity index (χ0n) is 14.5. The number of aromatic nitrogens is 3. The highest BCUT2D eigenvalue weighted by Crippen LogP contribution is 2.35. The van der Waals surface area contributed by atoms with E-state index in [0.29, 0.717) is 26.8 Å². The number of nitrogens with two attached hydrogens (primary N) is 1. The Hall–Kier alpha value is -2.35. The molecule has 0 aliphatic carbocycles. The first-order valence-electron chi connectivity index (χ1n) is 8.15. The quantitative estimate of drug-likeness (QED) is 0.439. The van der Waals surface area contributed by atoms with Crippen molar-refractivity contribution >= 4 is 45.4 Å². The van der Waals surface area contributed by atoms with Crippen molar-refractivity contribution in [2.75, 3.05) is 12.3 Å². The summed E-state index contributed by atoms with van der Waals surface area (Å²) in [6.45, 7) is 2.77. The van der Waals surface area contributed by atoms with Crippen LogP contribution >= 0.6 is 34.4 Å². The molecule has 0 aliphatic rings. The van der Waals surface area contributed by atoms with Gasteiger partial charge < -0.3 is 15.0 Å². The van der Waals surface area contributed by atoms with E-state index in [9.17, 15) is 10.1 Å². The first-order chi connectivity index (χ1) is 13.1. The molecule has 3 heterocycles. The molecule has 0 amide bonds. The van der Waals surface area contributed by atoms with Crippen LogP contribution in [-0.4, -0.2) is 27.3 Å². The van der Waals surface area contributed by atoms with Crippen molar-refractivity contribution in [3.05, 3.63) is 44.7 Å². The van der Waals surface area contributed by atoms with Gasteiger partial charge in [-0.15, -0.1) is 32.9 Å². The van der Waals surface area contributed by atoms with Crippen LogP contribution in [0.2, 0.25) is 0 Å². The maximum absolute atomic E-state index is 12.2. The Morgan fingerprint density at radius 3 is 3.07 bits per heavy atom. The summed E-state index contributed by atoms with van der Waals surface area (Å²) >= 11 is 4.23. The summed E-state index contributed by atoms with van der Waals surface area (Å²) in [5, 5.41) is 20.7. The number of hydrogen-bond donors (Lipinski definition) is 1. The molecule has 0 saturated carbocycles. The van der Waals surface area contributed by atoms with Gasteiger partial charge in [-0.05, 0) is 24.8 Å². The van der Waals surface area contributed by atoms with Gasteiger partial charge in [0, 0.05) is 22.7 Å². The van der Waals surface area contributed by atoms with Crippen molar-refractivity contribution in [1.29, 1.82) is 5.26 Å². The summed E-state index contributed by atoms with van der Waals surface area (Å²) in [5.41, 5.74) is 6.84. The monoisotopic (exact) mass is 419 g/mol. The lowest BCUT2D eigenvalue weighted by molar-refractivity contribution is 0.0531. The van der Waals surface area contributed by atoms with E-state index in [1.165, 1.54) is 16.6 Å². The number of carbonyl (C=O) groups is 1. The van der Waals surface area contributed by atoms with Crippen LogP contribution in [0.1, 0.15) is 32.6 Å². The van der Waals surface area contributed by atoms with Crippen molar-refractivity contribution < 1.29 is 9.53 Å². The van der Waals surface area contributed by atoms with Crippen LogP contribution in [-0.2, 0) is 23.5 Å². The summed E-state index contributed by atoms with van der Waals surface area (Å²) in [7, 11) is 0. The Balaban J connectivity index is 1.74. The van der Waals surface area contributed by atoms with E-state index in [1.807, 2.05) is 10.6 Å². The van der Waals surface area contributed by atoms with E-state index in [4.69, 9.17) is 10.5 Å². The number of carbonyl (C=O) groups excluding carboxylic acids is 1. The van der Waals surface area contributed by atoms with Gasteiger partial charge in [-0.1, -0.05) is 17.8 Å². The normalized spacial score (nSPS) is 10.7. The molecule has 10 heteroatoms. The molecule has 0 saturated heterocycles. The average molecular weight is 420 g/mol. The fourth-order valence-electron chi connectivity index (χ4n) is 2.44. The van der Waals surface area contributed by atoms with Crippen molar-refractivity contribution in [1.82, 2.24) is 14.8 Å². The number of nitrogens with zero attached hydrogens (tertiary/aromatic N) is 4. The molecule has 3 aromatic rings. The van der Waals surface area contributed by atoms with Crippen molar-refractivity contribution in [3.8, 4) is 6.07 Å². The van der Waals surface area contributed by atoms with Crippen molar-refractivity contribution in [2.45, 2.75) is 30.8 Å². The Bertz CT molecular complexity index is 956. The van der Waals surface area contributed by atoms with Crippen LogP contribution in [0, 0.1) is 11.3 Å². The number of anilines is 1. The van der Waals surface area contributed by atoms with E-state index < -0.39 is 5.97 Å².